The van der Waals surface area contributed by atoms with E-state index in [0.717, 1.165) is 42.2 Å². The number of phenols is 1. The van der Waals surface area contributed by atoms with E-state index in [1.54, 1.807) is 13.2 Å². The Kier molecular flexibility index (Phi) is 9.96. The molecule has 2 heterocycles. The van der Waals surface area contributed by atoms with E-state index >= 15 is 0 Å². The van der Waals surface area contributed by atoms with Crippen LogP contribution in [0.3, 0.4) is 0 Å². The highest BCUT2D eigenvalue weighted by atomic mass is 127. The lowest BCUT2D eigenvalue weighted by Crippen LogP contribution is -2.46. The molecule has 0 saturated carbocycles. The number of likely N-dealkylation sites (tertiary alicyclic amines) is 1. The van der Waals surface area contributed by atoms with E-state index in [0.29, 0.717) is 27.1 Å². The van der Waals surface area contributed by atoms with Gasteiger partial charge in [-0.15, -0.1) is 0 Å². The number of benzene rings is 1. The number of nitrogens with zero attached hydrogens (tertiary/aromatic N) is 1. The number of hydrogen-bond acceptors (Lipinski definition) is 9. The Balaban J connectivity index is 1.64. The molecular formula is C28H35BINO9. The summed E-state index contributed by atoms with van der Waals surface area (Å²) in [5, 5.41) is 20.9. The Morgan fingerprint density at radius 3 is 2.60 bits per heavy atom. The summed E-state index contributed by atoms with van der Waals surface area (Å²) in [5.41, 5.74) is 3.83. The van der Waals surface area contributed by atoms with Gasteiger partial charge < -0.3 is 29.0 Å². The molecule has 2 fully saturated rings. The van der Waals surface area contributed by atoms with Crippen LogP contribution in [0.1, 0.15) is 44.6 Å². The molecule has 40 heavy (non-hydrogen) atoms. The highest BCUT2D eigenvalue weighted by Gasteiger charge is 2.59. The fraction of sp³-hybridized carbons (Fsp3) is 0.536. The summed E-state index contributed by atoms with van der Waals surface area (Å²) in [5.74, 6) is -2.58. The number of phenolic OH excluding ortho intramolecular Hbond substituents is 1. The van der Waals surface area contributed by atoms with E-state index in [-0.39, 0.29) is 25.1 Å². The maximum Gasteiger partial charge on any atom is 0.455 e. The first-order valence-corrected chi connectivity index (χ1v) is 14.5. The lowest BCUT2D eigenvalue weighted by molar-refractivity contribution is -0.137. The van der Waals surface area contributed by atoms with E-state index in [9.17, 15) is 24.5 Å². The summed E-state index contributed by atoms with van der Waals surface area (Å²) < 4.78 is 22.2. The van der Waals surface area contributed by atoms with Crippen LogP contribution in [0.5, 0.6) is 11.5 Å². The number of carbonyl (C=O) groups is 3. The van der Waals surface area contributed by atoms with Gasteiger partial charge in [0.1, 0.15) is 0 Å². The lowest BCUT2D eigenvalue weighted by Gasteiger charge is -2.43. The van der Waals surface area contributed by atoms with E-state index < -0.39 is 48.9 Å². The lowest BCUT2D eigenvalue weighted by atomic mass is 9.58. The number of halogens is 1. The molecule has 0 bridgehead atoms. The van der Waals surface area contributed by atoms with Crippen LogP contribution in [0.15, 0.2) is 28.9 Å². The fourth-order valence-electron chi connectivity index (χ4n) is 6.32. The molecule has 10 nitrogen and oxygen atoms in total. The molecule has 1 aromatic carbocycles. The second-order valence-corrected chi connectivity index (χ2v) is 11.5. The maximum absolute atomic E-state index is 13.3. The number of aromatic hydroxyl groups is 1. The Hall–Kier alpha value is -2.42. The molecule has 1 aromatic rings. The predicted molar refractivity (Wildman–Crippen MR) is 155 cm³/mol. The Morgan fingerprint density at radius 2 is 1.95 bits per heavy atom. The molecule has 0 radical (unpaired) electrons. The van der Waals surface area contributed by atoms with Gasteiger partial charge in [0, 0.05) is 7.11 Å². The average Bonchev–Trinajstić information content (AvgIpc) is 3.17. The number of imide groups is 3. The molecule has 3 amide bonds. The molecule has 12 heteroatoms. The summed E-state index contributed by atoms with van der Waals surface area (Å²) in [7, 11) is 3.11. The van der Waals surface area contributed by atoms with Crippen molar-refractivity contribution in [1.82, 2.24) is 4.90 Å². The molecule has 4 rings (SSSR count). The number of allylic oxidation sites excluding steroid dienone is 1. The monoisotopic (exact) mass is 667 g/mol. The molecular weight excluding hydrogens is 632 g/mol. The fourth-order valence-corrected chi connectivity index (χ4v) is 6.94. The second-order valence-electron chi connectivity index (χ2n) is 10.4. The van der Waals surface area contributed by atoms with Crippen molar-refractivity contribution in [2.75, 3.05) is 27.9 Å². The van der Waals surface area contributed by atoms with Crippen molar-refractivity contribution in [1.29, 1.82) is 0 Å². The molecule has 1 aliphatic carbocycles. The molecule has 4 atom stereocenters. The second kappa shape index (κ2) is 13.0. The maximum atomic E-state index is 13.3. The normalized spacial score (nSPS) is 24.8. The number of amides is 3. The average molecular weight is 667 g/mol. The first-order chi connectivity index (χ1) is 19.1. The number of methoxy groups -OCH3 is 3. The third kappa shape index (κ3) is 5.95. The van der Waals surface area contributed by atoms with E-state index in [2.05, 4.69) is 35.6 Å². The Bertz CT molecular complexity index is 1230. The van der Waals surface area contributed by atoms with Crippen LogP contribution in [-0.4, -0.2) is 74.1 Å². The van der Waals surface area contributed by atoms with Crippen molar-refractivity contribution < 1.29 is 43.4 Å². The van der Waals surface area contributed by atoms with Gasteiger partial charge in [-0.05, 0) is 89.4 Å². The van der Waals surface area contributed by atoms with Crippen molar-refractivity contribution in [2.24, 2.45) is 17.8 Å². The van der Waals surface area contributed by atoms with Gasteiger partial charge in [0.15, 0.2) is 11.5 Å². The number of rotatable bonds is 9. The molecule has 3 aliphatic rings. The van der Waals surface area contributed by atoms with Crippen LogP contribution >= 0.6 is 22.6 Å². The minimum Gasteiger partial charge on any atom is -0.504 e. The summed E-state index contributed by atoms with van der Waals surface area (Å²) in [4.78, 5) is 39.3. The van der Waals surface area contributed by atoms with Crippen molar-refractivity contribution >= 4 is 53.7 Å². The molecule has 2 aliphatic heterocycles. The van der Waals surface area contributed by atoms with E-state index in [1.807, 2.05) is 6.07 Å². The smallest absolute Gasteiger partial charge is 0.455 e. The first-order valence-electron chi connectivity index (χ1n) is 13.4. The zero-order valence-corrected chi connectivity index (χ0v) is 25.3. The number of carbonyl (C=O) groups excluding carboxylic acids is 3. The van der Waals surface area contributed by atoms with Gasteiger partial charge in [-0.25, -0.2) is 4.79 Å². The summed E-state index contributed by atoms with van der Waals surface area (Å²) >= 11 is 2.07. The largest absolute Gasteiger partial charge is 0.504 e. The minimum absolute atomic E-state index is 0.104. The van der Waals surface area contributed by atoms with Gasteiger partial charge >= 0.3 is 13.2 Å². The molecule has 2 N–H and O–H groups in total. The first kappa shape index (κ1) is 30.5. The Labute approximate surface area is 248 Å². The van der Waals surface area contributed by atoms with Crippen LogP contribution in [0.25, 0.3) is 6.08 Å². The van der Waals surface area contributed by atoms with Crippen LogP contribution in [-0.2, 0) is 23.7 Å². The van der Waals surface area contributed by atoms with Crippen LogP contribution in [0.2, 0.25) is 6.32 Å². The molecule has 0 unspecified atom stereocenters. The van der Waals surface area contributed by atoms with Gasteiger partial charge in [0.2, 0.25) is 11.8 Å². The number of fused-ring (bicyclic) bond motifs is 3. The Morgan fingerprint density at radius 1 is 1.20 bits per heavy atom. The van der Waals surface area contributed by atoms with Gasteiger partial charge in [-0.2, -0.15) is 4.90 Å². The van der Waals surface area contributed by atoms with Crippen molar-refractivity contribution in [3.8, 4) is 11.5 Å². The molecule has 0 spiro atoms. The summed E-state index contributed by atoms with van der Waals surface area (Å²) in [6.45, 7) is 2.36. The van der Waals surface area contributed by atoms with Crippen LogP contribution in [0.4, 0.5) is 4.79 Å². The third-order valence-electron chi connectivity index (χ3n) is 7.92. The summed E-state index contributed by atoms with van der Waals surface area (Å²) in [6.07, 6.45) is 4.02. The van der Waals surface area contributed by atoms with Crippen molar-refractivity contribution in [2.45, 2.75) is 51.5 Å². The topological polar surface area (TPSA) is 132 Å². The van der Waals surface area contributed by atoms with Gasteiger partial charge in [0.05, 0.1) is 42.3 Å². The quantitative estimate of drug-likeness (QED) is 0.172. The van der Waals surface area contributed by atoms with Crippen molar-refractivity contribution in [3.63, 3.8) is 0 Å². The molecule has 2 saturated heterocycles. The van der Waals surface area contributed by atoms with Crippen molar-refractivity contribution in [3.05, 3.63) is 38.0 Å². The van der Waals surface area contributed by atoms with Crippen LogP contribution in [0, 0.1) is 21.3 Å². The molecule has 0 aromatic heterocycles. The van der Waals surface area contributed by atoms with Gasteiger partial charge in [-0.3, -0.25) is 9.59 Å². The predicted octanol–water partition coefficient (Wildman–Crippen LogP) is 4.18. The standard InChI is InChI=1S/C28H35BINO9/c1-5-6-15(9-16-10-20(30)25(32)22(11-16)38-3)7-8-21-23-17(14-37-2)12-18-24(19(23)13-29(36)40-21)27(34)31(26(18)33)28(35)39-4/h9-11,18-19,21,24,32,36H,5-8,12-14H2,1-4H3/b15-9+/t18-,19+,21-,24-/m1/s1. The van der Waals surface area contributed by atoms with E-state index in [4.69, 9.17) is 18.9 Å². The van der Waals surface area contributed by atoms with Crippen LogP contribution < -0.4 is 4.74 Å². The SMILES string of the molecule is CCC/C(=C\c1cc(I)c(O)c(OC)c1)CC[C@H]1OB(O)C[C@H]2C1=C(COC)C[C@H]1C(=O)N(C(=O)OC)C(=O)[C@H]12. The van der Waals surface area contributed by atoms with Gasteiger partial charge in [0.25, 0.3) is 0 Å². The van der Waals surface area contributed by atoms with E-state index in [1.165, 1.54) is 7.11 Å². The zero-order chi connectivity index (χ0) is 29.1. The zero-order valence-electron chi connectivity index (χ0n) is 23.1. The molecule has 216 valence electrons. The van der Waals surface area contributed by atoms with Gasteiger partial charge in [-0.1, -0.05) is 25.0 Å². The third-order valence-corrected chi connectivity index (χ3v) is 8.75. The highest BCUT2D eigenvalue weighted by molar-refractivity contribution is 14.1. The number of ether oxygens (including phenoxy) is 3. The minimum atomic E-state index is -1.11. The number of hydrogen-bond donors (Lipinski definition) is 2. The summed E-state index contributed by atoms with van der Waals surface area (Å²) in [6, 6.07) is 3.68. The highest BCUT2D eigenvalue weighted by Crippen LogP contribution is 2.50.